The van der Waals surface area contributed by atoms with Crippen molar-refractivity contribution in [2.24, 2.45) is 0 Å². The molecule has 1 fully saturated rings. The van der Waals surface area contributed by atoms with Crippen LogP contribution < -0.4 is 5.32 Å². The molecular formula is C10H23N3. The standard InChI is InChI=1S/C10H23N3/c1-9(11-3)7-13-6-5-12(4)10(2)8-13/h9-11H,5-8H2,1-4H3. The summed E-state index contributed by atoms with van der Waals surface area (Å²) in [5.41, 5.74) is 0. The van der Waals surface area contributed by atoms with Gasteiger partial charge in [0, 0.05) is 38.3 Å². The highest BCUT2D eigenvalue weighted by molar-refractivity contribution is 4.78. The maximum atomic E-state index is 3.28. The molecule has 1 saturated heterocycles. The van der Waals surface area contributed by atoms with E-state index in [-0.39, 0.29) is 0 Å². The number of nitrogens with one attached hydrogen (secondary N) is 1. The summed E-state index contributed by atoms with van der Waals surface area (Å²) in [7, 11) is 4.24. The van der Waals surface area contributed by atoms with Crippen LogP contribution in [-0.2, 0) is 0 Å². The highest BCUT2D eigenvalue weighted by Gasteiger charge is 2.20. The Balaban J connectivity index is 2.29. The second-order valence-electron chi connectivity index (χ2n) is 4.28. The molecule has 13 heavy (non-hydrogen) atoms. The van der Waals surface area contributed by atoms with Crippen LogP contribution in [0.4, 0.5) is 0 Å². The summed E-state index contributed by atoms with van der Waals surface area (Å²) in [5, 5.41) is 3.28. The smallest absolute Gasteiger partial charge is 0.0192 e. The Labute approximate surface area is 82.1 Å². The summed E-state index contributed by atoms with van der Waals surface area (Å²) < 4.78 is 0. The van der Waals surface area contributed by atoms with E-state index >= 15 is 0 Å². The average Bonchev–Trinajstić information content (AvgIpc) is 2.11. The highest BCUT2D eigenvalue weighted by atomic mass is 15.3. The van der Waals surface area contributed by atoms with Gasteiger partial charge < -0.3 is 10.2 Å². The van der Waals surface area contributed by atoms with Crippen LogP contribution in [-0.4, -0.2) is 62.2 Å². The lowest BCUT2D eigenvalue weighted by molar-refractivity contribution is 0.0993. The molecule has 0 radical (unpaired) electrons. The third-order valence-electron chi connectivity index (χ3n) is 3.07. The second-order valence-corrected chi connectivity index (χ2v) is 4.28. The van der Waals surface area contributed by atoms with Gasteiger partial charge in [0.2, 0.25) is 0 Å². The van der Waals surface area contributed by atoms with Crippen LogP contribution in [0, 0.1) is 0 Å². The first-order chi connectivity index (χ1) is 6.13. The minimum Gasteiger partial charge on any atom is -0.316 e. The Morgan fingerprint density at radius 2 is 2.15 bits per heavy atom. The Kier molecular flexibility index (Phi) is 4.16. The first-order valence-electron chi connectivity index (χ1n) is 5.23. The van der Waals surface area contributed by atoms with Gasteiger partial charge in [0.25, 0.3) is 0 Å². The molecule has 3 heteroatoms. The van der Waals surface area contributed by atoms with E-state index < -0.39 is 0 Å². The summed E-state index contributed by atoms with van der Waals surface area (Å²) in [6, 6.07) is 1.31. The van der Waals surface area contributed by atoms with Crippen LogP contribution in [0.2, 0.25) is 0 Å². The van der Waals surface area contributed by atoms with E-state index in [1.54, 1.807) is 0 Å². The molecule has 0 saturated carbocycles. The molecule has 0 aromatic rings. The fourth-order valence-corrected chi connectivity index (χ4v) is 1.77. The van der Waals surface area contributed by atoms with Gasteiger partial charge in [-0.15, -0.1) is 0 Å². The molecule has 0 amide bonds. The molecule has 1 aliphatic rings. The van der Waals surface area contributed by atoms with Crippen molar-refractivity contribution in [3.63, 3.8) is 0 Å². The van der Waals surface area contributed by atoms with E-state index in [0.29, 0.717) is 12.1 Å². The molecule has 78 valence electrons. The van der Waals surface area contributed by atoms with Crippen molar-refractivity contribution in [3.8, 4) is 0 Å². The zero-order valence-electron chi connectivity index (χ0n) is 9.38. The fourth-order valence-electron chi connectivity index (χ4n) is 1.77. The molecule has 1 N–H and O–H groups in total. The van der Waals surface area contributed by atoms with E-state index in [9.17, 15) is 0 Å². The number of piperazine rings is 1. The molecule has 2 unspecified atom stereocenters. The second kappa shape index (κ2) is 4.94. The molecule has 0 spiro atoms. The van der Waals surface area contributed by atoms with Crippen molar-refractivity contribution in [2.75, 3.05) is 40.3 Å². The lowest BCUT2D eigenvalue weighted by atomic mass is 10.2. The Morgan fingerprint density at radius 1 is 1.46 bits per heavy atom. The molecule has 0 bridgehead atoms. The van der Waals surface area contributed by atoms with Crippen molar-refractivity contribution in [1.82, 2.24) is 15.1 Å². The predicted octanol–water partition coefficient (Wildman–Crippen LogP) is 0.230. The normalized spacial score (nSPS) is 29.1. The van der Waals surface area contributed by atoms with Gasteiger partial charge in [0.15, 0.2) is 0 Å². The monoisotopic (exact) mass is 185 g/mol. The summed E-state index contributed by atoms with van der Waals surface area (Å²) in [6.45, 7) is 9.35. The maximum Gasteiger partial charge on any atom is 0.0192 e. The van der Waals surface area contributed by atoms with Crippen molar-refractivity contribution < 1.29 is 0 Å². The van der Waals surface area contributed by atoms with Crippen LogP contribution in [0.15, 0.2) is 0 Å². The number of nitrogens with zero attached hydrogens (tertiary/aromatic N) is 2. The molecule has 1 rings (SSSR count). The van der Waals surface area contributed by atoms with Gasteiger partial charge in [-0.2, -0.15) is 0 Å². The summed E-state index contributed by atoms with van der Waals surface area (Å²) >= 11 is 0. The highest BCUT2D eigenvalue weighted by Crippen LogP contribution is 2.06. The Bertz CT molecular complexity index is 147. The molecule has 1 aliphatic heterocycles. The first-order valence-corrected chi connectivity index (χ1v) is 5.23. The third kappa shape index (κ3) is 3.25. The number of rotatable bonds is 3. The van der Waals surface area contributed by atoms with E-state index in [1.165, 1.54) is 26.2 Å². The van der Waals surface area contributed by atoms with E-state index in [4.69, 9.17) is 0 Å². The minimum absolute atomic E-state index is 0.607. The Hall–Kier alpha value is -0.120. The molecular weight excluding hydrogens is 162 g/mol. The largest absolute Gasteiger partial charge is 0.316 e. The SMILES string of the molecule is CNC(C)CN1CCN(C)C(C)C1. The molecule has 2 atom stereocenters. The van der Waals surface area contributed by atoms with Crippen LogP contribution in [0.5, 0.6) is 0 Å². The third-order valence-corrected chi connectivity index (χ3v) is 3.07. The van der Waals surface area contributed by atoms with Gasteiger partial charge in [0.05, 0.1) is 0 Å². The lowest BCUT2D eigenvalue weighted by Crippen LogP contribution is -2.52. The summed E-state index contributed by atoms with van der Waals surface area (Å²) in [6.07, 6.45) is 0. The van der Waals surface area contributed by atoms with Gasteiger partial charge in [0.1, 0.15) is 0 Å². The Morgan fingerprint density at radius 3 is 2.69 bits per heavy atom. The zero-order chi connectivity index (χ0) is 9.84. The van der Waals surface area contributed by atoms with Crippen molar-refractivity contribution >= 4 is 0 Å². The van der Waals surface area contributed by atoms with Gasteiger partial charge in [-0.3, -0.25) is 4.90 Å². The van der Waals surface area contributed by atoms with Gasteiger partial charge in [-0.05, 0) is 27.9 Å². The average molecular weight is 185 g/mol. The van der Waals surface area contributed by atoms with Crippen molar-refractivity contribution in [3.05, 3.63) is 0 Å². The molecule has 3 nitrogen and oxygen atoms in total. The van der Waals surface area contributed by atoms with Crippen LogP contribution in [0.25, 0.3) is 0 Å². The van der Waals surface area contributed by atoms with E-state index in [1.807, 2.05) is 7.05 Å². The van der Waals surface area contributed by atoms with Crippen LogP contribution in [0.3, 0.4) is 0 Å². The quantitative estimate of drug-likeness (QED) is 0.679. The van der Waals surface area contributed by atoms with E-state index in [2.05, 4.69) is 36.0 Å². The number of hydrogen-bond donors (Lipinski definition) is 1. The topological polar surface area (TPSA) is 18.5 Å². The van der Waals surface area contributed by atoms with Crippen molar-refractivity contribution in [1.29, 1.82) is 0 Å². The summed E-state index contributed by atoms with van der Waals surface area (Å²) in [5.74, 6) is 0. The number of likely N-dealkylation sites (N-methyl/N-ethyl adjacent to an activating group) is 2. The molecule has 0 aromatic carbocycles. The first kappa shape index (κ1) is 11.0. The van der Waals surface area contributed by atoms with Crippen molar-refractivity contribution in [2.45, 2.75) is 25.9 Å². The van der Waals surface area contributed by atoms with Gasteiger partial charge >= 0.3 is 0 Å². The van der Waals surface area contributed by atoms with E-state index in [0.717, 1.165) is 0 Å². The van der Waals surface area contributed by atoms with Crippen LogP contribution >= 0.6 is 0 Å². The maximum absolute atomic E-state index is 3.28. The lowest BCUT2D eigenvalue weighted by Gasteiger charge is -2.38. The fraction of sp³-hybridized carbons (Fsp3) is 1.00. The molecule has 0 aliphatic carbocycles. The van der Waals surface area contributed by atoms with Gasteiger partial charge in [-0.25, -0.2) is 0 Å². The van der Waals surface area contributed by atoms with Crippen LogP contribution in [0.1, 0.15) is 13.8 Å². The van der Waals surface area contributed by atoms with Gasteiger partial charge in [-0.1, -0.05) is 0 Å². The zero-order valence-corrected chi connectivity index (χ0v) is 9.38. The minimum atomic E-state index is 0.607. The summed E-state index contributed by atoms with van der Waals surface area (Å²) in [4.78, 5) is 4.98. The molecule has 0 aromatic heterocycles. The molecule has 1 heterocycles. The number of hydrogen-bond acceptors (Lipinski definition) is 3. The predicted molar refractivity (Wildman–Crippen MR) is 57.1 cm³/mol.